The molecule has 4 aromatic rings. The van der Waals surface area contributed by atoms with Gasteiger partial charge in [-0.3, -0.25) is 14.8 Å². The van der Waals surface area contributed by atoms with E-state index in [0.717, 1.165) is 40.7 Å². The number of anilines is 1. The van der Waals surface area contributed by atoms with E-state index in [9.17, 15) is 4.79 Å². The van der Waals surface area contributed by atoms with Gasteiger partial charge in [-0.2, -0.15) is 0 Å². The number of hydrogen-bond donors (Lipinski definition) is 1. The number of carbonyl (C=O) groups excluding carboxylic acids is 1. The van der Waals surface area contributed by atoms with Crippen LogP contribution in [0.3, 0.4) is 0 Å². The van der Waals surface area contributed by atoms with Crippen molar-refractivity contribution in [3.63, 3.8) is 0 Å². The molecule has 0 spiro atoms. The van der Waals surface area contributed by atoms with Crippen LogP contribution in [0.25, 0.3) is 10.9 Å². The summed E-state index contributed by atoms with van der Waals surface area (Å²) in [4.78, 5) is 21.5. The molecule has 4 nitrogen and oxygen atoms in total. The Kier molecular flexibility index (Phi) is 5.11. The molecule has 0 fully saturated rings. The van der Waals surface area contributed by atoms with E-state index in [1.165, 1.54) is 5.56 Å². The molecule has 0 aliphatic carbocycles. The normalized spacial score (nSPS) is 10.8. The van der Waals surface area contributed by atoms with Gasteiger partial charge in [-0.05, 0) is 61.2 Å². The fraction of sp³-hybridized carbons (Fsp3) is 0.125. The fourth-order valence-electron chi connectivity index (χ4n) is 3.24. The van der Waals surface area contributed by atoms with Crippen LogP contribution in [-0.2, 0) is 12.8 Å². The first-order chi connectivity index (χ1) is 13.7. The van der Waals surface area contributed by atoms with Gasteiger partial charge in [-0.25, -0.2) is 0 Å². The minimum Gasteiger partial charge on any atom is -0.320 e. The predicted octanol–water partition coefficient (Wildman–Crippen LogP) is 4.98. The summed E-state index contributed by atoms with van der Waals surface area (Å²) < 4.78 is 0. The molecule has 1 N–H and O–H groups in total. The van der Waals surface area contributed by atoms with Gasteiger partial charge < -0.3 is 5.32 Å². The first-order valence-corrected chi connectivity index (χ1v) is 9.34. The minimum absolute atomic E-state index is 0.122. The monoisotopic (exact) mass is 367 g/mol. The topological polar surface area (TPSA) is 54.9 Å². The number of para-hydroxylation sites is 1. The summed E-state index contributed by atoms with van der Waals surface area (Å²) in [5, 5.41) is 4.02. The van der Waals surface area contributed by atoms with E-state index in [1.807, 2.05) is 67.7 Å². The Hall–Kier alpha value is -3.53. The SMILES string of the molecule is Cc1nc2ccccc2cc1NC(=O)c1cccc(CCc2cccnc2)c1. The first kappa shape index (κ1) is 17.9. The molecule has 4 rings (SSSR count). The summed E-state index contributed by atoms with van der Waals surface area (Å²) in [7, 11) is 0. The van der Waals surface area contributed by atoms with Crippen molar-refractivity contribution in [1.29, 1.82) is 0 Å². The van der Waals surface area contributed by atoms with Crippen LogP contribution in [0.15, 0.2) is 79.1 Å². The average Bonchev–Trinajstić information content (AvgIpc) is 2.74. The number of pyridine rings is 2. The van der Waals surface area contributed by atoms with Gasteiger partial charge in [0, 0.05) is 23.3 Å². The summed E-state index contributed by atoms with van der Waals surface area (Å²) in [6.45, 7) is 1.91. The zero-order valence-electron chi connectivity index (χ0n) is 15.7. The molecule has 0 aliphatic rings. The standard InChI is InChI=1S/C24H21N3O/c1-17-23(15-20-8-2-3-10-22(20)26-17)27-24(28)21-9-4-6-18(14-21)11-12-19-7-5-13-25-16-19/h2-10,13-16H,11-12H2,1H3,(H,27,28). The van der Waals surface area contributed by atoms with Crippen LogP contribution in [0.1, 0.15) is 27.2 Å². The van der Waals surface area contributed by atoms with E-state index in [0.29, 0.717) is 5.56 Å². The molecule has 0 unspecified atom stereocenters. The van der Waals surface area contributed by atoms with Gasteiger partial charge in [0.2, 0.25) is 0 Å². The van der Waals surface area contributed by atoms with Crippen molar-refractivity contribution in [3.8, 4) is 0 Å². The molecule has 28 heavy (non-hydrogen) atoms. The number of aromatic nitrogens is 2. The maximum Gasteiger partial charge on any atom is 0.255 e. The van der Waals surface area contributed by atoms with Gasteiger partial charge in [-0.15, -0.1) is 0 Å². The molecule has 4 heteroatoms. The van der Waals surface area contributed by atoms with Crippen LogP contribution >= 0.6 is 0 Å². The van der Waals surface area contributed by atoms with Gasteiger partial charge in [-0.1, -0.05) is 36.4 Å². The smallest absolute Gasteiger partial charge is 0.255 e. The Balaban J connectivity index is 1.50. The highest BCUT2D eigenvalue weighted by atomic mass is 16.1. The van der Waals surface area contributed by atoms with Crippen molar-refractivity contribution in [3.05, 3.63) is 102 Å². The average molecular weight is 367 g/mol. The molecule has 0 aliphatic heterocycles. The Bertz CT molecular complexity index is 1120. The van der Waals surface area contributed by atoms with Crippen LogP contribution in [0.5, 0.6) is 0 Å². The van der Waals surface area contributed by atoms with Gasteiger partial charge in [0.15, 0.2) is 0 Å². The molecule has 2 aromatic carbocycles. The van der Waals surface area contributed by atoms with Gasteiger partial charge in [0.1, 0.15) is 0 Å². The summed E-state index contributed by atoms with van der Waals surface area (Å²) in [5.74, 6) is -0.122. The maximum absolute atomic E-state index is 12.8. The summed E-state index contributed by atoms with van der Waals surface area (Å²) in [6, 6.07) is 21.7. The van der Waals surface area contributed by atoms with Crippen LogP contribution in [0, 0.1) is 6.92 Å². The molecule has 1 amide bonds. The molecule has 0 saturated heterocycles. The van der Waals surface area contributed by atoms with Crippen molar-refractivity contribution < 1.29 is 4.79 Å². The summed E-state index contributed by atoms with van der Waals surface area (Å²) in [5.41, 5.74) is 5.44. The van der Waals surface area contributed by atoms with Crippen LogP contribution in [0.4, 0.5) is 5.69 Å². The highest BCUT2D eigenvalue weighted by Gasteiger charge is 2.10. The highest BCUT2D eigenvalue weighted by molar-refractivity contribution is 6.05. The number of hydrogen-bond acceptors (Lipinski definition) is 3. The number of amides is 1. The van der Waals surface area contributed by atoms with E-state index in [-0.39, 0.29) is 5.91 Å². The van der Waals surface area contributed by atoms with E-state index in [2.05, 4.69) is 27.4 Å². The first-order valence-electron chi connectivity index (χ1n) is 9.34. The predicted molar refractivity (Wildman–Crippen MR) is 113 cm³/mol. The lowest BCUT2D eigenvalue weighted by atomic mass is 10.0. The Labute approximate surface area is 164 Å². The molecular formula is C24H21N3O. The van der Waals surface area contributed by atoms with Crippen LogP contribution in [0.2, 0.25) is 0 Å². The number of fused-ring (bicyclic) bond motifs is 1. The minimum atomic E-state index is -0.122. The molecule has 0 radical (unpaired) electrons. The zero-order valence-corrected chi connectivity index (χ0v) is 15.7. The third-order valence-electron chi connectivity index (χ3n) is 4.78. The van der Waals surface area contributed by atoms with Crippen LogP contribution < -0.4 is 5.32 Å². The lowest BCUT2D eigenvalue weighted by Crippen LogP contribution is -2.13. The van der Waals surface area contributed by atoms with E-state index in [4.69, 9.17) is 0 Å². The van der Waals surface area contributed by atoms with Gasteiger partial charge in [0.05, 0.1) is 16.9 Å². The maximum atomic E-state index is 12.8. The Morgan fingerprint density at radius 1 is 0.929 bits per heavy atom. The molecule has 0 saturated carbocycles. The number of nitrogens with one attached hydrogen (secondary N) is 1. The fourth-order valence-corrected chi connectivity index (χ4v) is 3.24. The Morgan fingerprint density at radius 2 is 1.75 bits per heavy atom. The molecule has 138 valence electrons. The van der Waals surface area contributed by atoms with Crippen molar-refractivity contribution >= 4 is 22.5 Å². The van der Waals surface area contributed by atoms with Crippen LogP contribution in [-0.4, -0.2) is 15.9 Å². The van der Waals surface area contributed by atoms with Gasteiger partial charge in [0.25, 0.3) is 5.91 Å². The number of carbonyl (C=O) groups is 1. The van der Waals surface area contributed by atoms with Crippen molar-refractivity contribution in [2.45, 2.75) is 19.8 Å². The van der Waals surface area contributed by atoms with Gasteiger partial charge >= 0.3 is 0 Å². The van der Waals surface area contributed by atoms with Crippen molar-refractivity contribution in [2.24, 2.45) is 0 Å². The number of aryl methyl sites for hydroxylation is 3. The highest BCUT2D eigenvalue weighted by Crippen LogP contribution is 2.21. The number of nitrogens with zero attached hydrogens (tertiary/aromatic N) is 2. The molecule has 2 heterocycles. The quantitative estimate of drug-likeness (QED) is 0.541. The van der Waals surface area contributed by atoms with E-state index >= 15 is 0 Å². The number of rotatable bonds is 5. The summed E-state index contributed by atoms with van der Waals surface area (Å²) >= 11 is 0. The second-order valence-corrected chi connectivity index (χ2v) is 6.83. The Morgan fingerprint density at radius 3 is 2.61 bits per heavy atom. The second kappa shape index (κ2) is 8.01. The molecule has 0 atom stereocenters. The van der Waals surface area contributed by atoms with E-state index < -0.39 is 0 Å². The number of benzene rings is 2. The molecule has 2 aromatic heterocycles. The third-order valence-corrected chi connectivity index (χ3v) is 4.78. The van der Waals surface area contributed by atoms with Crippen molar-refractivity contribution in [1.82, 2.24) is 9.97 Å². The lowest BCUT2D eigenvalue weighted by Gasteiger charge is -2.10. The van der Waals surface area contributed by atoms with Crippen molar-refractivity contribution in [2.75, 3.05) is 5.32 Å². The zero-order chi connectivity index (χ0) is 19.3. The molecular weight excluding hydrogens is 346 g/mol. The largest absolute Gasteiger partial charge is 0.320 e. The van der Waals surface area contributed by atoms with E-state index in [1.54, 1.807) is 6.20 Å². The lowest BCUT2D eigenvalue weighted by molar-refractivity contribution is 0.102. The summed E-state index contributed by atoms with van der Waals surface area (Å²) in [6.07, 6.45) is 5.42. The molecule has 0 bridgehead atoms. The second-order valence-electron chi connectivity index (χ2n) is 6.83. The third kappa shape index (κ3) is 4.07.